The van der Waals surface area contributed by atoms with Gasteiger partial charge in [0, 0.05) is 5.69 Å². The molecule has 18 heavy (non-hydrogen) atoms. The molecular weight excluding hydrogens is 236 g/mol. The number of rotatable bonds is 4. The minimum atomic E-state index is -1.06. The van der Waals surface area contributed by atoms with Crippen LogP contribution >= 0.6 is 0 Å². The van der Waals surface area contributed by atoms with E-state index in [2.05, 4.69) is 10.3 Å². The number of pyridine rings is 1. The summed E-state index contributed by atoms with van der Waals surface area (Å²) in [5.41, 5.74) is 0.0773. The molecule has 1 aliphatic carbocycles. The molecule has 2 rings (SSSR count). The lowest BCUT2D eigenvalue weighted by atomic mass is 10.1. The Kier molecular flexibility index (Phi) is 3.18. The third kappa shape index (κ3) is 2.58. The van der Waals surface area contributed by atoms with Crippen LogP contribution < -0.4 is 10.9 Å². The third-order valence-corrected chi connectivity index (χ3v) is 2.95. The maximum atomic E-state index is 11.8. The lowest BCUT2D eigenvalue weighted by molar-refractivity contribution is -0.139. The Morgan fingerprint density at radius 1 is 1.44 bits per heavy atom. The van der Waals surface area contributed by atoms with Gasteiger partial charge < -0.3 is 15.4 Å². The Morgan fingerprint density at radius 2 is 2.11 bits per heavy atom. The summed E-state index contributed by atoms with van der Waals surface area (Å²) in [6.45, 7) is 1.70. The van der Waals surface area contributed by atoms with E-state index in [9.17, 15) is 14.4 Å². The van der Waals surface area contributed by atoms with Crippen LogP contribution in [0.5, 0.6) is 0 Å². The van der Waals surface area contributed by atoms with E-state index in [4.69, 9.17) is 5.11 Å². The van der Waals surface area contributed by atoms with Crippen molar-refractivity contribution >= 4 is 11.9 Å². The molecule has 96 valence electrons. The van der Waals surface area contributed by atoms with Gasteiger partial charge in [0.15, 0.2) is 0 Å². The van der Waals surface area contributed by atoms with Gasteiger partial charge in [-0.2, -0.15) is 0 Å². The highest BCUT2D eigenvalue weighted by Crippen LogP contribution is 2.32. The Hall–Kier alpha value is -2.11. The van der Waals surface area contributed by atoms with Gasteiger partial charge in [-0.1, -0.05) is 0 Å². The first-order valence-electron chi connectivity index (χ1n) is 5.72. The maximum Gasteiger partial charge on any atom is 0.326 e. The lowest BCUT2D eigenvalue weighted by Gasteiger charge is -2.13. The van der Waals surface area contributed by atoms with Crippen LogP contribution in [0.25, 0.3) is 0 Å². The van der Waals surface area contributed by atoms with Gasteiger partial charge in [0.2, 0.25) is 0 Å². The zero-order valence-electron chi connectivity index (χ0n) is 9.90. The van der Waals surface area contributed by atoms with Crippen LogP contribution in [0.2, 0.25) is 0 Å². The van der Waals surface area contributed by atoms with E-state index in [1.807, 2.05) is 0 Å². The molecule has 1 fully saturated rings. The fourth-order valence-electron chi connectivity index (χ4n) is 1.78. The van der Waals surface area contributed by atoms with E-state index in [1.54, 1.807) is 13.0 Å². The number of carbonyl (C=O) groups is 2. The topological polar surface area (TPSA) is 99.3 Å². The number of aryl methyl sites for hydroxylation is 1. The van der Waals surface area contributed by atoms with Crippen molar-refractivity contribution in [3.8, 4) is 0 Å². The van der Waals surface area contributed by atoms with Crippen LogP contribution in [-0.4, -0.2) is 28.0 Å². The van der Waals surface area contributed by atoms with Crippen LogP contribution in [0.1, 0.15) is 28.9 Å². The molecular formula is C12H14N2O4. The molecule has 1 heterocycles. The summed E-state index contributed by atoms with van der Waals surface area (Å²) < 4.78 is 0. The van der Waals surface area contributed by atoms with Crippen LogP contribution in [0.3, 0.4) is 0 Å². The molecule has 3 N–H and O–H groups in total. The van der Waals surface area contributed by atoms with Crippen LogP contribution in [-0.2, 0) is 4.79 Å². The molecule has 0 radical (unpaired) electrons. The van der Waals surface area contributed by atoms with Crippen molar-refractivity contribution in [2.24, 2.45) is 5.92 Å². The number of hydrogen-bond acceptors (Lipinski definition) is 3. The summed E-state index contributed by atoms with van der Waals surface area (Å²) >= 11 is 0. The lowest BCUT2D eigenvalue weighted by Crippen LogP contribution is -2.43. The van der Waals surface area contributed by atoms with Gasteiger partial charge in [0.25, 0.3) is 11.5 Å². The number of amides is 1. The highest BCUT2D eigenvalue weighted by molar-refractivity contribution is 5.96. The van der Waals surface area contributed by atoms with Gasteiger partial charge >= 0.3 is 5.97 Å². The SMILES string of the molecule is Cc1ccc(C(=O)NC(C(=O)O)C2CC2)c(=O)[nH]1. The zero-order valence-corrected chi connectivity index (χ0v) is 9.90. The minimum absolute atomic E-state index is 0.0176. The average Bonchev–Trinajstić information content (AvgIpc) is 3.08. The van der Waals surface area contributed by atoms with E-state index in [-0.39, 0.29) is 11.5 Å². The Balaban J connectivity index is 2.16. The molecule has 1 aromatic heterocycles. The first-order chi connectivity index (χ1) is 8.49. The second kappa shape index (κ2) is 4.64. The number of aliphatic carboxylic acids is 1. The second-order valence-corrected chi connectivity index (χ2v) is 4.51. The smallest absolute Gasteiger partial charge is 0.326 e. The van der Waals surface area contributed by atoms with Crippen LogP contribution in [0, 0.1) is 12.8 Å². The number of aromatic nitrogens is 1. The molecule has 1 saturated carbocycles. The summed E-state index contributed by atoms with van der Waals surface area (Å²) in [7, 11) is 0. The number of carbonyl (C=O) groups excluding carboxylic acids is 1. The summed E-state index contributed by atoms with van der Waals surface area (Å²) in [6, 6.07) is 2.09. The summed E-state index contributed by atoms with van der Waals surface area (Å²) in [6.07, 6.45) is 1.59. The van der Waals surface area contributed by atoms with E-state index in [0.717, 1.165) is 12.8 Å². The fraction of sp³-hybridized carbons (Fsp3) is 0.417. The van der Waals surface area contributed by atoms with Gasteiger partial charge in [-0.25, -0.2) is 4.79 Å². The van der Waals surface area contributed by atoms with Gasteiger partial charge in [-0.15, -0.1) is 0 Å². The highest BCUT2D eigenvalue weighted by atomic mass is 16.4. The average molecular weight is 250 g/mol. The molecule has 0 spiro atoms. The predicted octanol–water partition coefficient (Wildman–Crippen LogP) is 0.276. The zero-order chi connectivity index (χ0) is 13.3. The Bertz CT molecular complexity index is 545. The van der Waals surface area contributed by atoms with E-state index in [0.29, 0.717) is 5.69 Å². The number of nitrogens with one attached hydrogen (secondary N) is 2. The van der Waals surface area contributed by atoms with Gasteiger partial charge in [-0.05, 0) is 37.8 Å². The molecule has 1 aromatic rings. The van der Waals surface area contributed by atoms with Crippen molar-refractivity contribution in [2.45, 2.75) is 25.8 Å². The van der Waals surface area contributed by atoms with E-state index >= 15 is 0 Å². The minimum Gasteiger partial charge on any atom is -0.480 e. The van der Waals surface area contributed by atoms with Crippen molar-refractivity contribution in [1.29, 1.82) is 0 Å². The number of H-pyrrole nitrogens is 1. The van der Waals surface area contributed by atoms with Crippen molar-refractivity contribution < 1.29 is 14.7 Å². The summed E-state index contributed by atoms with van der Waals surface area (Å²) in [4.78, 5) is 36.9. The Morgan fingerprint density at radius 3 is 2.61 bits per heavy atom. The molecule has 1 aliphatic rings. The quantitative estimate of drug-likeness (QED) is 0.714. The first kappa shape index (κ1) is 12.3. The van der Waals surface area contributed by atoms with Crippen molar-refractivity contribution in [3.05, 3.63) is 33.7 Å². The monoisotopic (exact) mass is 250 g/mol. The van der Waals surface area contributed by atoms with Crippen molar-refractivity contribution in [1.82, 2.24) is 10.3 Å². The summed E-state index contributed by atoms with van der Waals surface area (Å²) in [5, 5.41) is 11.4. The molecule has 1 amide bonds. The standard InChI is InChI=1S/C12H14N2O4/c1-6-2-5-8(10(15)13-6)11(16)14-9(12(17)18)7-3-4-7/h2,5,7,9H,3-4H2,1H3,(H,13,15)(H,14,16)(H,17,18). The normalized spacial score (nSPS) is 16.1. The van der Waals surface area contributed by atoms with Crippen molar-refractivity contribution in [2.75, 3.05) is 0 Å². The largest absolute Gasteiger partial charge is 0.480 e. The first-order valence-corrected chi connectivity index (χ1v) is 5.72. The highest BCUT2D eigenvalue weighted by Gasteiger charge is 2.37. The number of aromatic amines is 1. The molecule has 1 unspecified atom stereocenters. The molecule has 0 bridgehead atoms. The van der Waals surface area contributed by atoms with E-state index in [1.165, 1.54) is 6.07 Å². The number of hydrogen-bond donors (Lipinski definition) is 3. The maximum absolute atomic E-state index is 11.8. The van der Waals surface area contributed by atoms with E-state index < -0.39 is 23.5 Å². The fourth-order valence-corrected chi connectivity index (χ4v) is 1.78. The molecule has 0 aromatic carbocycles. The van der Waals surface area contributed by atoms with Gasteiger partial charge in [0.1, 0.15) is 11.6 Å². The number of carboxylic acids is 1. The molecule has 0 aliphatic heterocycles. The Labute approximate surface area is 103 Å². The van der Waals surface area contributed by atoms with Crippen molar-refractivity contribution in [3.63, 3.8) is 0 Å². The molecule has 6 nitrogen and oxygen atoms in total. The second-order valence-electron chi connectivity index (χ2n) is 4.51. The molecule has 0 saturated heterocycles. The molecule has 1 atom stereocenters. The number of carboxylic acid groups (broad SMARTS) is 1. The van der Waals surface area contributed by atoms with Crippen LogP contribution in [0.4, 0.5) is 0 Å². The summed E-state index contributed by atoms with van der Waals surface area (Å²) in [5.74, 6) is -1.72. The van der Waals surface area contributed by atoms with Gasteiger partial charge in [-0.3, -0.25) is 9.59 Å². The predicted molar refractivity (Wildman–Crippen MR) is 63.4 cm³/mol. The van der Waals surface area contributed by atoms with Crippen LogP contribution in [0.15, 0.2) is 16.9 Å². The van der Waals surface area contributed by atoms with Gasteiger partial charge in [0.05, 0.1) is 0 Å². The third-order valence-electron chi connectivity index (χ3n) is 2.95. The molecule has 6 heteroatoms.